The number of carbonyl (C=O) groups is 1. The molecule has 0 aromatic heterocycles. The quantitative estimate of drug-likeness (QED) is 0.914. The van der Waals surface area contributed by atoms with Crippen molar-refractivity contribution in [3.8, 4) is 0 Å². The van der Waals surface area contributed by atoms with Gasteiger partial charge in [-0.1, -0.05) is 48.5 Å². The van der Waals surface area contributed by atoms with Gasteiger partial charge in [0.25, 0.3) is 0 Å². The minimum atomic E-state index is -0.580. The molecule has 6 rings (SSSR count). The largest absolute Gasteiger partial charge is 0.354 e. The van der Waals surface area contributed by atoms with Gasteiger partial charge >= 0.3 is 0 Å². The first-order chi connectivity index (χ1) is 11.7. The van der Waals surface area contributed by atoms with Crippen LogP contribution in [0.5, 0.6) is 0 Å². The minimum absolute atomic E-state index is 0.0329. The molecular formula is C21H22N2O. The molecule has 2 bridgehead atoms. The van der Waals surface area contributed by atoms with E-state index in [9.17, 15) is 4.79 Å². The number of nitrogens with two attached hydrogens (primary N) is 1. The molecule has 3 heteroatoms. The maximum atomic E-state index is 12.2. The molecular weight excluding hydrogens is 296 g/mol. The highest BCUT2D eigenvalue weighted by molar-refractivity contribution is 5.89. The molecule has 2 aromatic rings. The molecule has 0 radical (unpaired) electrons. The highest BCUT2D eigenvalue weighted by Crippen LogP contribution is 2.55. The molecule has 24 heavy (non-hydrogen) atoms. The van der Waals surface area contributed by atoms with Crippen molar-refractivity contribution >= 4 is 5.91 Å². The first-order valence-electron chi connectivity index (χ1n) is 8.92. The molecule has 3 nitrogen and oxygen atoms in total. The topological polar surface area (TPSA) is 55.1 Å². The summed E-state index contributed by atoms with van der Waals surface area (Å²) in [4.78, 5) is 12.2. The second kappa shape index (κ2) is 4.93. The van der Waals surface area contributed by atoms with Gasteiger partial charge in [-0.2, -0.15) is 0 Å². The summed E-state index contributed by atoms with van der Waals surface area (Å²) in [6.45, 7) is 0.724. The predicted octanol–water partition coefficient (Wildman–Crippen LogP) is 2.89. The Bertz CT molecular complexity index is 777. The molecule has 1 unspecified atom stereocenters. The van der Waals surface area contributed by atoms with Crippen LogP contribution in [0.1, 0.15) is 53.4 Å². The predicted molar refractivity (Wildman–Crippen MR) is 93.8 cm³/mol. The lowest BCUT2D eigenvalue weighted by atomic mass is 9.59. The second-order valence-corrected chi connectivity index (χ2v) is 7.65. The van der Waals surface area contributed by atoms with Crippen LogP contribution < -0.4 is 11.1 Å². The zero-order chi connectivity index (χ0) is 16.3. The Kier molecular flexibility index (Phi) is 2.93. The fourth-order valence-electron chi connectivity index (χ4n) is 4.72. The molecule has 0 saturated heterocycles. The van der Waals surface area contributed by atoms with E-state index >= 15 is 0 Å². The molecule has 1 atom stereocenters. The van der Waals surface area contributed by atoms with Gasteiger partial charge in [0.05, 0.1) is 5.54 Å². The number of carbonyl (C=O) groups excluding carboxylic acids is 1. The smallest absolute Gasteiger partial charge is 0.240 e. The molecule has 0 spiro atoms. The van der Waals surface area contributed by atoms with E-state index in [0.717, 1.165) is 25.8 Å². The van der Waals surface area contributed by atoms with Gasteiger partial charge in [-0.15, -0.1) is 0 Å². The number of rotatable bonds is 3. The third-order valence-electron chi connectivity index (χ3n) is 6.19. The molecule has 1 amide bonds. The van der Waals surface area contributed by atoms with Crippen LogP contribution in [0.3, 0.4) is 0 Å². The Morgan fingerprint density at radius 3 is 2.08 bits per heavy atom. The van der Waals surface area contributed by atoms with Gasteiger partial charge < -0.3 is 11.1 Å². The maximum absolute atomic E-state index is 12.2. The third kappa shape index (κ3) is 1.97. The van der Waals surface area contributed by atoms with E-state index in [0.29, 0.717) is 17.8 Å². The number of nitrogens with one attached hydrogen (secondary N) is 1. The van der Waals surface area contributed by atoms with Crippen molar-refractivity contribution in [1.82, 2.24) is 5.32 Å². The number of amides is 1. The van der Waals surface area contributed by atoms with Crippen molar-refractivity contribution < 1.29 is 4.79 Å². The van der Waals surface area contributed by atoms with Gasteiger partial charge in [0.1, 0.15) is 0 Å². The molecule has 0 heterocycles. The second-order valence-electron chi connectivity index (χ2n) is 7.65. The zero-order valence-corrected chi connectivity index (χ0v) is 13.7. The summed E-state index contributed by atoms with van der Waals surface area (Å²) in [5, 5.41) is 3.14. The molecule has 2 aromatic carbocycles. The average molecular weight is 318 g/mol. The van der Waals surface area contributed by atoms with Crippen molar-refractivity contribution in [2.75, 3.05) is 6.54 Å². The van der Waals surface area contributed by atoms with Gasteiger partial charge in [0, 0.05) is 18.4 Å². The van der Waals surface area contributed by atoms with Crippen molar-refractivity contribution in [3.05, 3.63) is 70.8 Å². The molecule has 1 fully saturated rings. The van der Waals surface area contributed by atoms with Gasteiger partial charge in [0.2, 0.25) is 5.91 Å². The summed E-state index contributed by atoms with van der Waals surface area (Å²) in [6, 6.07) is 17.6. The van der Waals surface area contributed by atoms with Crippen LogP contribution in [0.4, 0.5) is 0 Å². The molecule has 4 aliphatic rings. The lowest BCUT2D eigenvalue weighted by Crippen LogP contribution is -2.46. The van der Waals surface area contributed by atoms with Gasteiger partial charge in [-0.05, 0) is 47.4 Å². The molecule has 0 aliphatic heterocycles. The Morgan fingerprint density at radius 2 is 1.54 bits per heavy atom. The lowest BCUT2D eigenvalue weighted by molar-refractivity contribution is -0.123. The SMILES string of the molecule is NC1(C(=O)NCC2CC3c4ccccc4C2c2ccccc23)CC1. The van der Waals surface area contributed by atoms with Gasteiger partial charge in [0.15, 0.2) is 0 Å². The van der Waals surface area contributed by atoms with Crippen LogP contribution in [-0.4, -0.2) is 18.0 Å². The van der Waals surface area contributed by atoms with Crippen LogP contribution >= 0.6 is 0 Å². The molecule has 1 saturated carbocycles. The number of hydrogen-bond acceptors (Lipinski definition) is 2. The average Bonchev–Trinajstić information content (AvgIpc) is 3.39. The Balaban J connectivity index is 1.48. The van der Waals surface area contributed by atoms with Crippen LogP contribution in [0.25, 0.3) is 0 Å². The van der Waals surface area contributed by atoms with E-state index in [2.05, 4.69) is 53.8 Å². The minimum Gasteiger partial charge on any atom is -0.354 e. The van der Waals surface area contributed by atoms with E-state index in [4.69, 9.17) is 5.73 Å². The summed E-state index contributed by atoms with van der Waals surface area (Å²) in [5.41, 5.74) is 11.3. The summed E-state index contributed by atoms with van der Waals surface area (Å²) >= 11 is 0. The van der Waals surface area contributed by atoms with Crippen LogP contribution in [0.2, 0.25) is 0 Å². The molecule has 122 valence electrons. The van der Waals surface area contributed by atoms with Crippen LogP contribution in [0.15, 0.2) is 48.5 Å². The van der Waals surface area contributed by atoms with Crippen molar-refractivity contribution in [2.45, 2.75) is 36.6 Å². The lowest BCUT2D eigenvalue weighted by Gasteiger charge is -2.45. The molecule has 4 aliphatic carbocycles. The van der Waals surface area contributed by atoms with E-state index in [-0.39, 0.29) is 5.91 Å². The number of benzene rings is 2. The Hall–Kier alpha value is -2.13. The third-order valence-corrected chi connectivity index (χ3v) is 6.19. The standard InChI is InChI=1S/C21H22N2O/c22-21(9-10-21)20(24)23-12-13-11-18-14-5-1-3-7-16(14)19(13)17-8-4-2-6-15(17)18/h1-8,13,18-19H,9-12,22H2,(H,23,24). The highest BCUT2D eigenvalue weighted by Gasteiger charge is 2.47. The number of fused-ring (bicyclic) bond motifs is 1. The van der Waals surface area contributed by atoms with Gasteiger partial charge in [-0.25, -0.2) is 0 Å². The Labute approximate surface area is 142 Å². The van der Waals surface area contributed by atoms with Crippen molar-refractivity contribution in [2.24, 2.45) is 11.7 Å². The Morgan fingerprint density at radius 1 is 1.00 bits per heavy atom. The summed E-state index contributed by atoms with van der Waals surface area (Å²) in [6.07, 6.45) is 2.75. The highest BCUT2D eigenvalue weighted by atomic mass is 16.2. The first kappa shape index (κ1) is 14.2. The van der Waals surface area contributed by atoms with E-state index < -0.39 is 5.54 Å². The maximum Gasteiger partial charge on any atom is 0.240 e. The normalized spacial score (nSPS) is 28.0. The van der Waals surface area contributed by atoms with Crippen LogP contribution in [-0.2, 0) is 4.79 Å². The van der Waals surface area contributed by atoms with E-state index in [1.54, 1.807) is 0 Å². The van der Waals surface area contributed by atoms with Crippen molar-refractivity contribution in [1.29, 1.82) is 0 Å². The van der Waals surface area contributed by atoms with Crippen LogP contribution in [0, 0.1) is 5.92 Å². The van der Waals surface area contributed by atoms with E-state index in [1.165, 1.54) is 22.3 Å². The molecule has 3 N–H and O–H groups in total. The fraction of sp³-hybridized carbons (Fsp3) is 0.381. The van der Waals surface area contributed by atoms with E-state index in [1.807, 2.05) is 0 Å². The zero-order valence-electron chi connectivity index (χ0n) is 13.7. The fourth-order valence-corrected chi connectivity index (χ4v) is 4.72. The summed E-state index contributed by atoms with van der Waals surface area (Å²) < 4.78 is 0. The summed E-state index contributed by atoms with van der Waals surface area (Å²) in [7, 11) is 0. The number of hydrogen-bond donors (Lipinski definition) is 2. The monoisotopic (exact) mass is 318 g/mol. The summed E-state index contributed by atoms with van der Waals surface area (Å²) in [5.74, 6) is 1.32. The van der Waals surface area contributed by atoms with Gasteiger partial charge in [-0.3, -0.25) is 4.79 Å². The first-order valence-corrected chi connectivity index (χ1v) is 8.92. The van der Waals surface area contributed by atoms with Crippen molar-refractivity contribution in [3.63, 3.8) is 0 Å².